The summed E-state index contributed by atoms with van der Waals surface area (Å²) in [6.07, 6.45) is 4.87. The Bertz CT molecular complexity index is 420. The van der Waals surface area contributed by atoms with Crippen LogP contribution in [0.15, 0.2) is 30.7 Å². The van der Waals surface area contributed by atoms with Gasteiger partial charge in [0, 0.05) is 6.20 Å². The van der Waals surface area contributed by atoms with Gasteiger partial charge in [-0.2, -0.15) is 5.10 Å². The van der Waals surface area contributed by atoms with Crippen molar-refractivity contribution in [3.63, 3.8) is 0 Å². The summed E-state index contributed by atoms with van der Waals surface area (Å²) in [6.45, 7) is 0. The summed E-state index contributed by atoms with van der Waals surface area (Å²) in [4.78, 5) is 4.08. The lowest BCUT2D eigenvalue weighted by Gasteiger charge is -2.01. The monoisotopic (exact) mass is 175 g/mol. The van der Waals surface area contributed by atoms with E-state index >= 15 is 0 Å². The van der Waals surface area contributed by atoms with Crippen LogP contribution in [0, 0.1) is 0 Å². The highest BCUT2D eigenvalue weighted by Crippen LogP contribution is 2.12. The van der Waals surface area contributed by atoms with Crippen molar-refractivity contribution in [2.24, 2.45) is 0 Å². The molecule has 2 aromatic heterocycles. The molecular weight excluding hydrogens is 166 g/mol. The number of aromatic nitrogens is 3. The van der Waals surface area contributed by atoms with E-state index in [0.29, 0.717) is 17.2 Å². The topological polar surface area (TPSA) is 82.8 Å². The van der Waals surface area contributed by atoms with Gasteiger partial charge in [-0.05, 0) is 12.1 Å². The third kappa shape index (κ3) is 1.31. The van der Waals surface area contributed by atoms with Gasteiger partial charge in [0.05, 0.1) is 23.8 Å². The van der Waals surface area contributed by atoms with Gasteiger partial charge in [0.25, 0.3) is 0 Å². The zero-order valence-electron chi connectivity index (χ0n) is 6.88. The van der Waals surface area contributed by atoms with Gasteiger partial charge in [-0.25, -0.2) is 9.67 Å². The number of hydrogen-bond acceptors (Lipinski definition) is 4. The van der Waals surface area contributed by atoms with Crippen LogP contribution < -0.4 is 11.5 Å². The summed E-state index contributed by atoms with van der Waals surface area (Å²) in [7, 11) is 0. The van der Waals surface area contributed by atoms with Crippen molar-refractivity contribution in [2.75, 3.05) is 11.5 Å². The SMILES string of the molecule is Nc1cnn(-c2ncccc2N)c1. The molecule has 0 aliphatic carbocycles. The van der Waals surface area contributed by atoms with Crippen LogP contribution in [-0.2, 0) is 0 Å². The summed E-state index contributed by atoms with van der Waals surface area (Å²) in [6, 6.07) is 3.53. The normalized spacial score (nSPS) is 10.2. The van der Waals surface area contributed by atoms with Crippen molar-refractivity contribution in [1.29, 1.82) is 0 Å². The number of pyridine rings is 1. The largest absolute Gasteiger partial charge is 0.396 e. The van der Waals surface area contributed by atoms with Crippen LogP contribution in [0.4, 0.5) is 11.4 Å². The molecule has 0 spiro atoms. The maximum atomic E-state index is 5.70. The maximum Gasteiger partial charge on any atom is 0.176 e. The van der Waals surface area contributed by atoms with Gasteiger partial charge >= 0.3 is 0 Å². The number of anilines is 2. The van der Waals surface area contributed by atoms with Crippen molar-refractivity contribution >= 4 is 11.4 Å². The zero-order chi connectivity index (χ0) is 9.26. The minimum absolute atomic E-state index is 0.575. The first-order valence-corrected chi connectivity index (χ1v) is 3.78. The Kier molecular flexibility index (Phi) is 1.63. The molecule has 5 nitrogen and oxygen atoms in total. The van der Waals surface area contributed by atoms with E-state index in [1.165, 1.54) is 0 Å². The van der Waals surface area contributed by atoms with E-state index in [9.17, 15) is 0 Å². The lowest BCUT2D eigenvalue weighted by atomic mass is 10.4. The molecule has 0 amide bonds. The third-order valence-corrected chi connectivity index (χ3v) is 1.64. The van der Waals surface area contributed by atoms with E-state index in [4.69, 9.17) is 11.5 Å². The Morgan fingerprint density at radius 1 is 1.31 bits per heavy atom. The van der Waals surface area contributed by atoms with Gasteiger partial charge in [0.15, 0.2) is 5.82 Å². The fourth-order valence-electron chi connectivity index (χ4n) is 1.05. The van der Waals surface area contributed by atoms with Gasteiger partial charge in [-0.15, -0.1) is 0 Å². The standard InChI is InChI=1S/C8H9N5/c9-6-4-12-13(5-6)8-7(10)2-1-3-11-8/h1-5H,9-10H2. The predicted molar refractivity (Wildman–Crippen MR) is 50.2 cm³/mol. The summed E-state index contributed by atoms with van der Waals surface area (Å²) < 4.78 is 1.55. The summed E-state index contributed by atoms with van der Waals surface area (Å²) >= 11 is 0. The minimum Gasteiger partial charge on any atom is -0.396 e. The molecule has 0 atom stereocenters. The Balaban J connectivity index is 2.52. The van der Waals surface area contributed by atoms with E-state index in [2.05, 4.69) is 10.1 Å². The Morgan fingerprint density at radius 2 is 2.15 bits per heavy atom. The Labute approximate surface area is 75.0 Å². The van der Waals surface area contributed by atoms with E-state index in [1.807, 2.05) is 0 Å². The fraction of sp³-hybridized carbons (Fsp3) is 0. The molecule has 13 heavy (non-hydrogen) atoms. The molecule has 0 aliphatic heterocycles. The molecular formula is C8H9N5. The predicted octanol–water partition coefficient (Wildman–Crippen LogP) is 0.432. The van der Waals surface area contributed by atoms with E-state index in [1.54, 1.807) is 35.4 Å². The lowest BCUT2D eigenvalue weighted by molar-refractivity contribution is 0.850. The van der Waals surface area contributed by atoms with Crippen molar-refractivity contribution < 1.29 is 0 Å². The molecule has 4 N–H and O–H groups in total. The molecule has 2 aromatic rings. The van der Waals surface area contributed by atoms with Crippen molar-refractivity contribution in [3.05, 3.63) is 30.7 Å². The van der Waals surface area contributed by atoms with Gasteiger partial charge in [-0.1, -0.05) is 0 Å². The average Bonchev–Trinajstić information content (AvgIpc) is 2.53. The smallest absolute Gasteiger partial charge is 0.176 e. The summed E-state index contributed by atoms with van der Waals surface area (Å²) in [5.41, 5.74) is 12.4. The molecule has 0 saturated carbocycles. The lowest BCUT2D eigenvalue weighted by Crippen LogP contribution is -2.02. The van der Waals surface area contributed by atoms with Crippen LogP contribution in [0.25, 0.3) is 5.82 Å². The first-order chi connectivity index (χ1) is 6.27. The second-order valence-corrected chi connectivity index (χ2v) is 2.63. The number of rotatable bonds is 1. The molecule has 66 valence electrons. The van der Waals surface area contributed by atoms with E-state index < -0.39 is 0 Å². The van der Waals surface area contributed by atoms with Crippen LogP contribution in [-0.4, -0.2) is 14.8 Å². The summed E-state index contributed by atoms with van der Waals surface area (Å²) in [5, 5.41) is 4.00. The molecule has 0 fully saturated rings. The Hall–Kier alpha value is -2.04. The molecule has 0 radical (unpaired) electrons. The number of nitrogens with zero attached hydrogens (tertiary/aromatic N) is 3. The fourth-order valence-corrected chi connectivity index (χ4v) is 1.05. The van der Waals surface area contributed by atoms with Gasteiger partial charge in [-0.3, -0.25) is 0 Å². The van der Waals surface area contributed by atoms with Crippen molar-refractivity contribution in [2.45, 2.75) is 0 Å². The number of hydrogen-bond donors (Lipinski definition) is 2. The highest BCUT2D eigenvalue weighted by atomic mass is 15.3. The number of nitrogen functional groups attached to an aromatic ring is 2. The van der Waals surface area contributed by atoms with Crippen molar-refractivity contribution in [3.8, 4) is 5.82 Å². The highest BCUT2D eigenvalue weighted by Gasteiger charge is 2.02. The Morgan fingerprint density at radius 3 is 2.77 bits per heavy atom. The van der Waals surface area contributed by atoms with Crippen LogP contribution in [0.5, 0.6) is 0 Å². The van der Waals surface area contributed by atoms with Crippen LogP contribution in [0.1, 0.15) is 0 Å². The quantitative estimate of drug-likeness (QED) is 0.658. The maximum absolute atomic E-state index is 5.70. The molecule has 2 rings (SSSR count). The molecule has 0 aromatic carbocycles. The van der Waals surface area contributed by atoms with Gasteiger partial charge < -0.3 is 11.5 Å². The first kappa shape index (κ1) is 7.60. The molecule has 0 aliphatic rings. The molecule has 0 unspecified atom stereocenters. The van der Waals surface area contributed by atoms with Crippen LogP contribution in [0.2, 0.25) is 0 Å². The first-order valence-electron chi connectivity index (χ1n) is 3.78. The molecule has 0 saturated heterocycles. The summed E-state index contributed by atoms with van der Waals surface area (Å²) in [5.74, 6) is 0.596. The van der Waals surface area contributed by atoms with Crippen LogP contribution >= 0.6 is 0 Å². The number of nitrogens with two attached hydrogens (primary N) is 2. The zero-order valence-corrected chi connectivity index (χ0v) is 6.88. The third-order valence-electron chi connectivity index (χ3n) is 1.64. The second-order valence-electron chi connectivity index (χ2n) is 2.63. The average molecular weight is 175 g/mol. The van der Waals surface area contributed by atoms with E-state index in [-0.39, 0.29) is 0 Å². The molecule has 0 bridgehead atoms. The van der Waals surface area contributed by atoms with Crippen LogP contribution in [0.3, 0.4) is 0 Å². The molecule has 5 heteroatoms. The minimum atomic E-state index is 0.575. The second kappa shape index (κ2) is 2.78. The highest BCUT2D eigenvalue weighted by molar-refractivity contribution is 5.52. The molecule has 2 heterocycles. The van der Waals surface area contributed by atoms with Crippen molar-refractivity contribution in [1.82, 2.24) is 14.8 Å². The van der Waals surface area contributed by atoms with Gasteiger partial charge in [0.1, 0.15) is 0 Å². The van der Waals surface area contributed by atoms with Gasteiger partial charge in [0.2, 0.25) is 0 Å². The van der Waals surface area contributed by atoms with E-state index in [0.717, 1.165) is 0 Å².